The van der Waals surface area contributed by atoms with E-state index in [1.54, 1.807) is 6.20 Å². The van der Waals surface area contributed by atoms with E-state index in [0.29, 0.717) is 17.5 Å². The molecule has 0 saturated carbocycles. The lowest BCUT2D eigenvalue weighted by molar-refractivity contribution is -0.137. The highest BCUT2D eigenvalue weighted by atomic mass is 32.2. The number of nitrogens with zero attached hydrogens (tertiary/aromatic N) is 3. The molecule has 0 radical (unpaired) electrons. The minimum Gasteiger partial charge on any atom is -0.438 e. The summed E-state index contributed by atoms with van der Waals surface area (Å²) in [6.45, 7) is 0.813. The van der Waals surface area contributed by atoms with Crippen LogP contribution in [0.2, 0.25) is 0 Å². The van der Waals surface area contributed by atoms with Gasteiger partial charge in [0, 0.05) is 37.0 Å². The van der Waals surface area contributed by atoms with Crippen molar-refractivity contribution in [1.82, 2.24) is 19.3 Å². The quantitative estimate of drug-likeness (QED) is 0.658. The lowest BCUT2D eigenvalue weighted by Crippen LogP contribution is -2.18. The number of halogens is 3. The van der Waals surface area contributed by atoms with Gasteiger partial charge in [-0.2, -0.15) is 13.2 Å². The van der Waals surface area contributed by atoms with E-state index in [1.165, 1.54) is 25.2 Å². The fraction of sp³-hybridized carbons (Fsp3) is 0.263. The first-order valence-electron chi connectivity index (χ1n) is 9.02. The molecule has 0 atom stereocenters. The molecule has 1 aromatic carbocycles. The van der Waals surface area contributed by atoms with Crippen LogP contribution in [0.1, 0.15) is 17.8 Å². The molecular formula is C19H17F3N4O3S. The molecule has 0 amide bonds. The van der Waals surface area contributed by atoms with Crippen LogP contribution < -0.4 is 9.46 Å². The van der Waals surface area contributed by atoms with E-state index in [0.717, 1.165) is 37.3 Å². The summed E-state index contributed by atoms with van der Waals surface area (Å²) in [5.74, 6) is 1.06. The predicted octanol–water partition coefficient (Wildman–Crippen LogP) is 3.61. The molecule has 1 aliphatic rings. The summed E-state index contributed by atoms with van der Waals surface area (Å²) < 4.78 is 72.6. The van der Waals surface area contributed by atoms with Gasteiger partial charge < -0.3 is 9.30 Å². The Kier molecular flexibility index (Phi) is 5.02. The number of hydrogen-bond acceptors (Lipinski definition) is 5. The molecule has 2 aromatic heterocycles. The van der Waals surface area contributed by atoms with Gasteiger partial charge in [0.2, 0.25) is 15.9 Å². The van der Waals surface area contributed by atoms with Crippen molar-refractivity contribution < 1.29 is 26.3 Å². The van der Waals surface area contributed by atoms with E-state index >= 15 is 0 Å². The van der Waals surface area contributed by atoms with Crippen molar-refractivity contribution in [2.24, 2.45) is 0 Å². The van der Waals surface area contributed by atoms with Crippen LogP contribution in [0, 0.1) is 0 Å². The van der Waals surface area contributed by atoms with E-state index in [1.807, 2.05) is 4.57 Å². The standard InChI is InChI=1S/C19H17F3N4O3S/c1-23-30(27,28)13-5-6-16(29-18-7-4-12(10-24-18)19(20,21)22)14(9-13)15-11-26-8-2-3-17(26)25-15/h4-7,9-11,23H,2-3,8H2,1H3. The van der Waals surface area contributed by atoms with Crippen molar-refractivity contribution in [3.63, 3.8) is 0 Å². The molecule has 30 heavy (non-hydrogen) atoms. The van der Waals surface area contributed by atoms with Crippen molar-refractivity contribution in [2.45, 2.75) is 30.5 Å². The number of sulfonamides is 1. The average molecular weight is 438 g/mol. The summed E-state index contributed by atoms with van der Waals surface area (Å²) in [5.41, 5.74) is 0.0192. The second kappa shape index (κ2) is 7.40. The zero-order valence-electron chi connectivity index (χ0n) is 15.8. The number of alkyl halides is 3. The van der Waals surface area contributed by atoms with Crippen LogP contribution in [0.4, 0.5) is 13.2 Å². The Hall–Kier alpha value is -2.92. The van der Waals surface area contributed by atoms with E-state index < -0.39 is 21.8 Å². The summed E-state index contributed by atoms with van der Waals surface area (Å²) in [6.07, 6.45) is -0.224. The normalized spacial score (nSPS) is 14.0. The van der Waals surface area contributed by atoms with Gasteiger partial charge in [-0.05, 0) is 37.7 Å². The zero-order valence-corrected chi connectivity index (χ0v) is 16.6. The average Bonchev–Trinajstić information content (AvgIpc) is 3.30. The second-order valence-electron chi connectivity index (χ2n) is 6.69. The fourth-order valence-corrected chi connectivity index (χ4v) is 3.94. The van der Waals surface area contributed by atoms with Gasteiger partial charge in [0.1, 0.15) is 11.6 Å². The molecule has 3 heterocycles. The molecule has 3 aromatic rings. The molecule has 158 valence electrons. The maximum absolute atomic E-state index is 12.7. The van der Waals surface area contributed by atoms with Gasteiger partial charge in [0.15, 0.2) is 0 Å². The van der Waals surface area contributed by atoms with Crippen LogP contribution in [-0.4, -0.2) is 30.0 Å². The molecular weight excluding hydrogens is 421 g/mol. The van der Waals surface area contributed by atoms with Crippen molar-refractivity contribution in [3.05, 3.63) is 54.1 Å². The summed E-state index contributed by atoms with van der Waals surface area (Å²) in [7, 11) is -2.41. The molecule has 0 fully saturated rings. The largest absolute Gasteiger partial charge is 0.438 e. The fourth-order valence-electron chi connectivity index (χ4n) is 3.19. The number of benzene rings is 1. The van der Waals surface area contributed by atoms with Crippen molar-refractivity contribution in [1.29, 1.82) is 0 Å². The van der Waals surface area contributed by atoms with E-state index in [-0.39, 0.29) is 16.5 Å². The maximum Gasteiger partial charge on any atom is 0.417 e. The molecule has 0 spiro atoms. The Morgan fingerprint density at radius 3 is 2.63 bits per heavy atom. The molecule has 11 heteroatoms. The molecule has 0 bridgehead atoms. The first-order chi connectivity index (χ1) is 14.2. The maximum atomic E-state index is 12.7. The first-order valence-corrected chi connectivity index (χ1v) is 10.5. The predicted molar refractivity (Wildman–Crippen MR) is 102 cm³/mol. The monoisotopic (exact) mass is 438 g/mol. The highest BCUT2D eigenvalue weighted by Gasteiger charge is 2.31. The third-order valence-electron chi connectivity index (χ3n) is 4.74. The first kappa shape index (κ1) is 20.4. The summed E-state index contributed by atoms with van der Waals surface area (Å²) >= 11 is 0. The number of imidazole rings is 1. The highest BCUT2D eigenvalue weighted by Crippen LogP contribution is 2.36. The van der Waals surface area contributed by atoms with Gasteiger partial charge >= 0.3 is 6.18 Å². The minimum absolute atomic E-state index is 0.0147. The highest BCUT2D eigenvalue weighted by molar-refractivity contribution is 7.89. The van der Waals surface area contributed by atoms with Crippen LogP contribution in [0.5, 0.6) is 11.6 Å². The van der Waals surface area contributed by atoms with E-state index in [9.17, 15) is 21.6 Å². The lowest BCUT2D eigenvalue weighted by atomic mass is 10.1. The summed E-state index contributed by atoms with van der Waals surface area (Å²) in [5, 5.41) is 0. The van der Waals surface area contributed by atoms with E-state index in [4.69, 9.17) is 4.74 Å². The Balaban J connectivity index is 1.75. The Morgan fingerprint density at radius 2 is 2.00 bits per heavy atom. The van der Waals surface area contributed by atoms with Gasteiger partial charge in [0.05, 0.1) is 16.2 Å². The number of ether oxygens (including phenoxy) is 1. The molecule has 0 saturated heterocycles. The Labute approximate surface area is 170 Å². The van der Waals surface area contributed by atoms with Crippen LogP contribution in [0.25, 0.3) is 11.3 Å². The molecule has 4 rings (SSSR count). The van der Waals surface area contributed by atoms with Crippen LogP contribution in [0.15, 0.2) is 47.6 Å². The van der Waals surface area contributed by atoms with Gasteiger partial charge in [-0.15, -0.1) is 0 Å². The van der Waals surface area contributed by atoms with Crippen molar-refractivity contribution in [3.8, 4) is 22.9 Å². The molecule has 0 unspecified atom stereocenters. The van der Waals surface area contributed by atoms with Crippen LogP contribution >= 0.6 is 0 Å². The van der Waals surface area contributed by atoms with Crippen LogP contribution in [0.3, 0.4) is 0 Å². The molecule has 1 aliphatic heterocycles. The number of rotatable bonds is 5. The van der Waals surface area contributed by atoms with Gasteiger partial charge in [-0.1, -0.05) is 0 Å². The smallest absolute Gasteiger partial charge is 0.417 e. The van der Waals surface area contributed by atoms with Gasteiger partial charge in [0.25, 0.3) is 0 Å². The number of fused-ring (bicyclic) bond motifs is 1. The van der Waals surface area contributed by atoms with Crippen LogP contribution in [-0.2, 0) is 29.2 Å². The number of aryl methyl sites for hydroxylation is 2. The summed E-state index contributed by atoms with van der Waals surface area (Å²) in [4.78, 5) is 8.29. The third kappa shape index (κ3) is 3.90. The Morgan fingerprint density at radius 1 is 1.20 bits per heavy atom. The van der Waals surface area contributed by atoms with Crippen molar-refractivity contribution >= 4 is 10.0 Å². The number of aromatic nitrogens is 3. The lowest BCUT2D eigenvalue weighted by Gasteiger charge is -2.12. The number of pyridine rings is 1. The number of hydrogen-bond donors (Lipinski definition) is 1. The molecule has 0 aliphatic carbocycles. The van der Waals surface area contributed by atoms with Gasteiger partial charge in [-0.3, -0.25) is 0 Å². The SMILES string of the molecule is CNS(=O)(=O)c1ccc(Oc2ccc(C(F)(F)F)cn2)c(-c2cn3c(n2)CCC3)c1. The van der Waals surface area contributed by atoms with E-state index in [2.05, 4.69) is 14.7 Å². The third-order valence-corrected chi connectivity index (χ3v) is 6.15. The Bertz CT molecular complexity index is 1170. The van der Waals surface area contributed by atoms with Crippen molar-refractivity contribution in [2.75, 3.05) is 7.05 Å². The number of nitrogens with one attached hydrogen (secondary N) is 1. The molecule has 7 nitrogen and oxygen atoms in total. The second-order valence-corrected chi connectivity index (χ2v) is 8.58. The molecule has 1 N–H and O–H groups in total. The summed E-state index contributed by atoms with van der Waals surface area (Å²) in [6, 6.07) is 6.18. The van der Waals surface area contributed by atoms with Gasteiger partial charge in [-0.25, -0.2) is 23.1 Å². The topological polar surface area (TPSA) is 86.1 Å². The minimum atomic E-state index is -4.50. The zero-order chi connectivity index (χ0) is 21.5.